The summed E-state index contributed by atoms with van der Waals surface area (Å²) in [6.45, 7) is 5.57. The highest BCUT2D eigenvalue weighted by Crippen LogP contribution is 2.22. The van der Waals surface area contributed by atoms with Crippen molar-refractivity contribution in [2.45, 2.75) is 117 Å². The molecule has 0 spiro atoms. The Hall–Kier alpha value is -2.65. The smallest absolute Gasteiger partial charge is 0.384 e. The van der Waals surface area contributed by atoms with Gasteiger partial charge in [0.2, 0.25) is 12.0 Å². The summed E-state index contributed by atoms with van der Waals surface area (Å²) in [4.78, 5) is 46.6. The average molecular weight is 638 g/mol. The lowest BCUT2D eigenvalue weighted by Crippen LogP contribution is -2.31. The third-order valence-electron chi connectivity index (χ3n) is 6.80. The van der Waals surface area contributed by atoms with E-state index in [-0.39, 0.29) is 25.4 Å². The Kier molecular flexibility index (Phi) is 17.9. The van der Waals surface area contributed by atoms with Gasteiger partial charge in [0.15, 0.2) is 0 Å². The van der Waals surface area contributed by atoms with Crippen LogP contribution in [-0.2, 0) is 42.1 Å². The first kappa shape index (κ1) is 36.5. The summed E-state index contributed by atoms with van der Waals surface area (Å²) in [5.74, 6) is -1.42. The predicted molar refractivity (Wildman–Crippen MR) is 170 cm³/mol. The van der Waals surface area contributed by atoms with Gasteiger partial charge in [-0.25, -0.2) is 4.79 Å². The summed E-state index contributed by atoms with van der Waals surface area (Å²) in [6.07, 6.45) is 11.9. The molecule has 0 fully saturated rings. The molecule has 2 rings (SSSR count). The van der Waals surface area contributed by atoms with E-state index in [9.17, 15) is 14.4 Å². The van der Waals surface area contributed by atoms with Gasteiger partial charge in [0.05, 0.1) is 13.1 Å². The van der Waals surface area contributed by atoms with E-state index in [1.165, 1.54) is 63.4 Å². The lowest BCUT2D eigenvalue weighted by atomic mass is 10.1. The van der Waals surface area contributed by atoms with Gasteiger partial charge in [-0.3, -0.25) is 14.5 Å². The molecule has 1 N–H and O–H groups in total. The Bertz CT molecular complexity index is 1110. The standard InChI is InChI=1S/C33H46Cl2N2O6/c1-4-6-7-8-9-10-11-12-13-14-15-32(39)36-30-18-16-26(17-19-30)23-37(24-27-20-28(34)22-29(35)21-27)43-42-33(40)31(5-2)41-25(3)38/h16-22,31H,4-15,23-24H2,1-3H3,(H,36,39). The summed E-state index contributed by atoms with van der Waals surface area (Å²) in [7, 11) is 0. The van der Waals surface area contributed by atoms with E-state index in [1.807, 2.05) is 24.3 Å². The molecule has 0 saturated heterocycles. The average Bonchev–Trinajstić information content (AvgIpc) is 2.95. The number of hydrogen-bond donors (Lipinski definition) is 1. The first-order chi connectivity index (χ1) is 20.7. The number of nitrogens with one attached hydrogen (secondary N) is 1. The molecule has 0 heterocycles. The molecule has 10 heteroatoms. The quantitative estimate of drug-likeness (QED) is 0.0632. The first-order valence-corrected chi connectivity index (χ1v) is 16.1. The normalized spacial score (nSPS) is 11.8. The molecule has 0 aliphatic heterocycles. The first-order valence-electron chi connectivity index (χ1n) is 15.3. The third kappa shape index (κ3) is 16.1. The second-order valence-corrected chi connectivity index (χ2v) is 11.6. The van der Waals surface area contributed by atoms with Crippen LogP contribution in [0.3, 0.4) is 0 Å². The number of benzene rings is 2. The SMILES string of the molecule is CCCCCCCCCCCCC(=O)Nc1ccc(CN(Cc2cc(Cl)cc(Cl)c2)OOC(=O)C(CC)OC(C)=O)cc1. The molecule has 43 heavy (non-hydrogen) atoms. The van der Waals surface area contributed by atoms with Gasteiger partial charge in [0.1, 0.15) is 0 Å². The third-order valence-corrected chi connectivity index (χ3v) is 7.24. The molecule has 1 unspecified atom stereocenters. The fraction of sp³-hybridized carbons (Fsp3) is 0.545. The molecule has 0 saturated carbocycles. The molecule has 2 aromatic rings. The minimum Gasteiger partial charge on any atom is -0.450 e. The number of unbranched alkanes of at least 4 members (excludes halogenated alkanes) is 9. The van der Waals surface area contributed by atoms with Gasteiger partial charge >= 0.3 is 11.9 Å². The van der Waals surface area contributed by atoms with Crippen molar-refractivity contribution in [2.75, 3.05) is 5.32 Å². The number of rotatable bonds is 21. The van der Waals surface area contributed by atoms with Gasteiger partial charge in [-0.05, 0) is 54.3 Å². The van der Waals surface area contributed by atoms with Crippen molar-refractivity contribution in [1.29, 1.82) is 0 Å². The van der Waals surface area contributed by atoms with Crippen molar-refractivity contribution in [3.63, 3.8) is 0 Å². The Balaban J connectivity index is 1.87. The zero-order valence-corrected chi connectivity index (χ0v) is 27.2. The maximum Gasteiger partial charge on any atom is 0.384 e. The summed E-state index contributed by atoms with van der Waals surface area (Å²) in [5.41, 5.74) is 2.27. The Morgan fingerprint density at radius 3 is 1.91 bits per heavy atom. The maximum atomic E-state index is 12.4. The van der Waals surface area contributed by atoms with Crippen molar-refractivity contribution in [3.05, 3.63) is 63.6 Å². The van der Waals surface area contributed by atoms with Gasteiger partial charge in [-0.1, -0.05) is 112 Å². The summed E-state index contributed by atoms with van der Waals surface area (Å²) < 4.78 is 4.99. The number of carbonyl (C=O) groups is 3. The minimum absolute atomic E-state index is 0.000260. The lowest BCUT2D eigenvalue weighted by molar-refractivity contribution is -0.408. The number of hydrogen-bond acceptors (Lipinski definition) is 7. The highest BCUT2D eigenvalue weighted by Gasteiger charge is 2.24. The lowest BCUT2D eigenvalue weighted by Gasteiger charge is -2.21. The molecular formula is C33H46Cl2N2O6. The van der Waals surface area contributed by atoms with E-state index in [2.05, 4.69) is 12.2 Å². The van der Waals surface area contributed by atoms with Gasteiger partial charge in [-0.15, -0.1) is 5.06 Å². The number of hydroxylamine groups is 2. The van der Waals surface area contributed by atoms with Crippen molar-refractivity contribution in [1.82, 2.24) is 5.06 Å². The van der Waals surface area contributed by atoms with Crippen molar-refractivity contribution in [2.24, 2.45) is 0 Å². The minimum atomic E-state index is -1.08. The molecule has 0 aliphatic carbocycles. The fourth-order valence-electron chi connectivity index (χ4n) is 4.55. The van der Waals surface area contributed by atoms with E-state index < -0.39 is 18.0 Å². The number of anilines is 1. The fourth-order valence-corrected chi connectivity index (χ4v) is 5.12. The molecule has 0 bridgehead atoms. The van der Waals surface area contributed by atoms with Crippen LogP contribution in [0, 0.1) is 0 Å². The van der Waals surface area contributed by atoms with E-state index in [1.54, 1.807) is 25.1 Å². The number of esters is 1. The van der Waals surface area contributed by atoms with Crippen LogP contribution in [0.1, 0.15) is 109 Å². The van der Waals surface area contributed by atoms with Crippen molar-refractivity contribution >= 4 is 46.7 Å². The van der Waals surface area contributed by atoms with E-state index in [0.717, 1.165) is 24.0 Å². The van der Waals surface area contributed by atoms with Crippen LogP contribution in [-0.4, -0.2) is 29.0 Å². The van der Waals surface area contributed by atoms with Gasteiger partial charge in [0.25, 0.3) is 0 Å². The van der Waals surface area contributed by atoms with Crippen LogP contribution in [0.4, 0.5) is 5.69 Å². The molecule has 0 radical (unpaired) electrons. The van der Waals surface area contributed by atoms with Crippen LogP contribution in [0.2, 0.25) is 10.0 Å². The molecule has 2 aromatic carbocycles. The van der Waals surface area contributed by atoms with Crippen LogP contribution in [0.15, 0.2) is 42.5 Å². The number of halogens is 2. The maximum absolute atomic E-state index is 12.4. The topological polar surface area (TPSA) is 94.2 Å². The van der Waals surface area contributed by atoms with Crippen LogP contribution in [0.5, 0.6) is 0 Å². The van der Waals surface area contributed by atoms with Gasteiger partial charge in [0, 0.05) is 29.1 Å². The van der Waals surface area contributed by atoms with Gasteiger partial charge < -0.3 is 10.1 Å². The molecule has 1 amide bonds. The van der Waals surface area contributed by atoms with Crippen molar-refractivity contribution in [3.8, 4) is 0 Å². The summed E-state index contributed by atoms with van der Waals surface area (Å²) in [6, 6.07) is 12.4. The highest BCUT2D eigenvalue weighted by molar-refractivity contribution is 6.34. The monoisotopic (exact) mass is 636 g/mol. The molecule has 238 valence electrons. The largest absolute Gasteiger partial charge is 0.450 e. The van der Waals surface area contributed by atoms with Crippen LogP contribution < -0.4 is 5.32 Å². The van der Waals surface area contributed by atoms with Crippen LogP contribution in [0.25, 0.3) is 0 Å². The number of carbonyl (C=O) groups excluding carboxylic acids is 3. The zero-order chi connectivity index (χ0) is 31.5. The molecule has 0 aliphatic rings. The Labute approximate surface area is 266 Å². The molecule has 1 atom stereocenters. The second-order valence-electron chi connectivity index (χ2n) is 10.7. The summed E-state index contributed by atoms with van der Waals surface area (Å²) in [5, 5.41) is 5.29. The summed E-state index contributed by atoms with van der Waals surface area (Å²) >= 11 is 12.3. The highest BCUT2D eigenvalue weighted by atomic mass is 35.5. The molecule has 0 aromatic heterocycles. The zero-order valence-electron chi connectivity index (χ0n) is 25.7. The van der Waals surface area contributed by atoms with Crippen molar-refractivity contribution < 1.29 is 29.0 Å². The Morgan fingerprint density at radius 1 is 0.791 bits per heavy atom. The Morgan fingerprint density at radius 2 is 1.35 bits per heavy atom. The number of nitrogens with zero attached hydrogens (tertiary/aromatic N) is 1. The van der Waals surface area contributed by atoms with Gasteiger partial charge in [-0.2, -0.15) is 0 Å². The second kappa shape index (κ2) is 21.1. The molecular weight excluding hydrogens is 591 g/mol. The number of ether oxygens (including phenoxy) is 1. The molecule has 8 nitrogen and oxygen atoms in total. The van der Waals surface area contributed by atoms with E-state index in [0.29, 0.717) is 22.2 Å². The predicted octanol–water partition coefficient (Wildman–Crippen LogP) is 8.98. The number of amides is 1. The van der Waals surface area contributed by atoms with E-state index >= 15 is 0 Å². The van der Waals surface area contributed by atoms with E-state index in [4.69, 9.17) is 37.8 Å². The van der Waals surface area contributed by atoms with Crippen LogP contribution >= 0.6 is 23.2 Å².